The Labute approximate surface area is 135 Å². The molecule has 2 fully saturated rings. The van der Waals surface area contributed by atoms with Crippen molar-refractivity contribution >= 4 is 16.9 Å². The van der Waals surface area contributed by atoms with Crippen LogP contribution < -0.4 is 10.2 Å². The van der Waals surface area contributed by atoms with Gasteiger partial charge in [-0.3, -0.25) is 4.79 Å². The molecule has 0 unspecified atom stereocenters. The van der Waals surface area contributed by atoms with E-state index in [1.807, 2.05) is 24.3 Å². The third-order valence-corrected chi connectivity index (χ3v) is 5.46. The molecule has 4 atom stereocenters. The lowest BCUT2D eigenvalue weighted by atomic mass is 9.84. The van der Waals surface area contributed by atoms with Crippen molar-refractivity contribution in [3.05, 3.63) is 24.3 Å². The number of nitrogens with one attached hydrogen (secondary N) is 1. The van der Waals surface area contributed by atoms with Crippen LogP contribution in [0.25, 0.3) is 11.0 Å². The Morgan fingerprint density at radius 1 is 1.39 bits per heavy atom. The van der Waals surface area contributed by atoms with E-state index in [0.29, 0.717) is 5.92 Å². The molecule has 1 N–H and O–H groups in total. The summed E-state index contributed by atoms with van der Waals surface area (Å²) >= 11 is 0. The molecule has 0 saturated heterocycles. The van der Waals surface area contributed by atoms with E-state index in [9.17, 15) is 4.79 Å². The molecule has 2 saturated carbocycles. The van der Waals surface area contributed by atoms with E-state index < -0.39 is 0 Å². The molecule has 1 aromatic heterocycles. The molecule has 2 aliphatic carbocycles. The molecular weight excluding hydrogens is 292 g/mol. The highest BCUT2D eigenvalue weighted by Gasteiger charge is 2.42. The first kappa shape index (κ1) is 14.5. The number of amides is 1. The van der Waals surface area contributed by atoms with Gasteiger partial charge in [0, 0.05) is 6.04 Å². The zero-order valence-corrected chi connectivity index (χ0v) is 13.3. The van der Waals surface area contributed by atoms with Gasteiger partial charge in [-0.05, 0) is 61.3 Å². The number of aromatic nitrogens is 3. The smallest absolute Gasteiger partial charge is 0.260 e. The summed E-state index contributed by atoms with van der Waals surface area (Å²) in [5, 5.41) is 11.0. The van der Waals surface area contributed by atoms with Gasteiger partial charge in [0.25, 0.3) is 5.91 Å². The average molecular weight is 314 g/mol. The Morgan fingerprint density at radius 3 is 3.04 bits per heavy atom. The summed E-state index contributed by atoms with van der Waals surface area (Å²) in [6, 6.07) is 7.73. The van der Waals surface area contributed by atoms with Gasteiger partial charge in [0.2, 0.25) is 0 Å². The second kappa shape index (κ2) is 5.83. The quantitative estimate of drug-likeness (QED) is 0.914. The molecule has 6 nitrogen and oxygen atoms in total. The van der Waals surface area contributed by atoms with E-state index in [-0.39, 0.29) is 18.6 Å². The van der Waals surface area contributed by atoms with Crippen molar-refractivity contribution in [2.45, 2.75) is 38.6 Å². The van der Waals surface area contributed by atoms with Gasteiger partial charge in [-0.25, -0.2) is 0 Å². The molecule has 1 heterocycles. The lowest BCUT2D eigenvalue weighted by Crippen LogP contribution is -2.43. The van der Waals surface area contributed by atoms with E-state index in [4.69, 9.17) is 4.84 Å². The van der Waals surface area contributed by atoms with Gasteiger partial charge >= 0.3 is 0 Å². The van der Waals surface area contributed by atoms with Crippen LogP contribution in [0.4, 0.5) is 0 Å². The second-order valence-corrected chi connectivity index (χ2v) is 6.92. The first-order valence-electron chi connectivity index (χ1n) is 8.44. The molecule has 2 bridgehead atoms. The number of benzene rings is 1. The van der Waals surface area contributed by atoms with Crippen LogP contribution in [0.2, 0.25) is 0 Å². The lowest BCUT2D eigenvalue weighted by Gasteiger charge is -2.28. The molecule has 0 spiro atoms. The minimum Gasteiger partial charge on any atom is -0.385 e. The summed E-state index contributed by atoms with van der Waals surface area (Å²) < 4.78 is 0. The number of rotatable bonds is 5. The van der Waals surface area contributed by atoms with Crippen LogP contribution in [-0.4, -0.2) is 33.7 Å². The van der Waals surface area contributed by atoms with Crippen molar-refractivity contribution in [2.24, 2.45) is 17.8 Å². The number of hydrogen-bond donors (Lipinski definition) is 1. The Balaban J connectivity index is 1.32. The maximum atomic E-state index is 12.2. The summed E-state index contributed by atoms with van der Waals surface area (Å²) in [5.41, 5.74) is 1.52. The molecule has 4 rings (SSSR count). The van der Waals surface area contributed by atoms with Crippen LogP contribution >= 0.6 is 0 Å². The fourth-order valence-corrected chi connectivity index (χ4v) is 4.37. The third kappa shape index (κ3) is 2.78. The zero-order chi connectivity index (χ0) is 15.8. The van der Waals surface area contributed by atoms with Crippen molar-refractivity contribution in [2.75, 3.05) is 6.61 Å². The van der Waals surface area contributed by atoms with Crippen LogP contribution in [0.15, 0.2) is 24.3 Å². The first-order chi connectivity index (χ1) is 11.2. The Morgan fingerprint density at radius 2 is 2.26 bits per heavy atom. The first-order valence-corrected chi connectivity index (χ1v) is 8.44. The molecular formula is C17H22N4O2. The second-order valence-electron chi connectivity index (χ2n) is 6.92. The predicted octanol–water partition coefficient (Wildman–Crippen LogP) is 1.80. The highest BCUT2D eigenvalue weighted by molar-refractivity contribution is 5.78. The summed E-state index contributed by atoms with van der Waals surface area (Å²) in [5.74, 6) is 2.22. The summed E-state index contributed by atoms with van der Waals surface area (Å²) in [6.07, 6.45) is 5.33. The van der Waals surface area contributed by atoms with Crippen molar-refractivity contribution in [1.29, 1.82) is 0 Å². The fourth-order valence-electron chi connectivity index (χ4n) is 4.37. The number of carbonyl (C=O) groups excluding carboxylic acids is 1. The van der Waals surface area contributed by atoms with Gasteiger partial charge in [-0.15, -0.1) is 5.10 Å². The number of nitrogens with zero attached hydrogens (tertiary/aromatic N) is 3. The Hall–Kier alpha value is -2.11. The molecule has 2 aromatic rings. The van der Waals surface area contributed by atoms with Gasteiger partial charge in [-0.2, -0.15) is 0 Å². The van der Waals surface area contributed by atoms with Crippen molar-refractivity contribution < 1.29 is 9.63 Å². The largest absolute Gasteiger partial charge is 0.385 e. The van der Waals surface area contributed by atoms with Crippen molar-refractivity contribution in [3.8, 4) is 0 Å². The standard InChI is InChI=1S/C17H22N4O2/c1-11(14-9-12-6-7-13(14)8-12)18-17(22)10-23-21-16-5-3-2-4-15(16)19-20-21/h2-5,11-14H,6-10H2,1H3,(H,18,22)/t11-,12-,13-,14-/m1/s1. The lowest BCUT2D eigenvalue weighted by molar-refractivity contribution is -0.127. The monoisotopic (exact) mass is 314 g/mol. The number of carbonyl (C=O) groups is 1. The van der Waals surface area contributed by atoms with E-state index in [1.54, 1.807) is 0 Å². The summed E-state index contributed by atoms with van der Waals surface area (Å²) in [7, 11) is 0. The van der Waals surface area contributed by atoms with Crippen molar-refractivity contribution in [3.63, 3.8) is 0 Å². The molecule has 1 amide bonds. The molecule has 23 heavy (non-hydrogen) atoms. The van der Waals surface area contributed by atoms with E-state index >= 15 is 0 Å². The van der Waals surface area contributed by atoms with E-state index in [1.165, 1.54) is 30.5 Å². The number of hydrogen-bond acceptors (Lipinski definition) is 4. The molecule has 0 radical (unpaired) electrons. The molecule has 6 heteroatoms. The zero-order valence-electron chi connectivity index (χ0n) is 13.3. The SMILES string of the molecule is C[C@@H](NC(=O)COn1nnc2ccccc21)[C@H]1C[C@@H]2CC[C@@H]1C2. The van der Waals surface area contributed by atoms with Gasteiger partial charge in [0.1, 0.15) is 11.0 Å². The highest BCUT2D eigenvalue weighted by atomic mass is 16.7. The van der Waals surface area contributed by atoms with Crippen LogP contribution in [0.3, 0.4) is 0 Å². The van der Waals surface area contributed by atoms with Crippen LogP contribution in [-0.2, 0) is 4.79 Å². The number of para-hydroxylation sites is 1. The third-order valence-electron chi connectivity index (χ3n) is 5.46. The fraction of sp³-hybridized carbons (Fsp3) is 0.588. The molecule has 2 aliphatic rings. The maximum absolute atomic E-state index is 12.2. The predicted molar refractivity (Wildman–Crippen MR) is 85.5 cm³/mol. The van der Waals surface area contributed by atoms with Crippen LogP contribution in [0, 0.1) is 17.8 Å². The van der Waals surface area contributed by atoms with Crippen LogP contribution in [0.1, 0.15) is 32.6 Å². The van der Waals surface area contributed by atoms with Crippen molar-refractivity contribution in [1.82, 2.24) is 20.5 Å². The number of fused-ring (bicyclic) bond motifs is 3. The minimum atomic E-state index is -0.0974. The van der Waals surface area contributed by atoms with Gasteiger partial charge < -0.3 is 10.2 Å². The van der Waals surface area contributed by atoms with Crippen LogP contribution in [0.5, 0.6) is 0 Å². The average Bonchev–Trinajstić information content (AvgIpc) is 3.28. The highest BCUT2D eigenvalue weighted by Crippen LogP contribution is 2.49. The maximum Gasteiger partial charge on any atom is 0.260 e. The Kier molecular flexibility index (Phi) is 3.67. The topological polar surface area (TPSA) is 69.0 Å². The normalized spacial score (nSPS) is 27.3. The molecule has 1 aromatic carbocycles. The molecule has 0 aliphatic heterocycles. The van der Waals surface area contributed by atoms with Gasteiger partial charge in [0.15, 0.2) is 6.61 Å². The Bertz CT molecular complexity index is 713. The van der Waals surface area contributed by atoms with Gasteiger partial charge in [0.05, 0.1) is 0 Å². The minimum absolute atomic E-state index is 0.0431. The van der Waals surface area contributed by atoms with E-state index in [0.717, 1.165) is 22.9 Å². The van der Waals surface area contributed by atoms with E-state index in [2.05, 4.69) is 22.6 Å². The van der Waals surface area contributed by atoms with Gasteiger partial charge in [-0.1, -0.05) is 23.4 Å². The molecule has 122 valence electrons. The summed E-state index contributed by atoms with van der Waals surface area (Å²) in [4.78, 5) is 18.9. The summed E-state index contributed by atoms with van der Waals surface area (Å²) in [6.45, 7) is 2.08.